The summed E-state index contributed by atoms with van der Waals surface area (Å²) in [6.45, 7) is 2.02. The molecular formula is C14H15FN2O2. The number of benzene rings is 1. The zero-order valence-electron chi connectivity index (χ0n) is 10.8. The number of carbonyl (C=O) groups is 1. The van der Waals surface area contributed by atoms with Gasteiger partial charge in [0.15, 0.2) is 0 Å². The number of nitrogen functional groups attached to an aromatic ring is 1. The SMILES string of the molecule is CCOC(=O)c1cc(-c2ccc(F)cc2)n(C)c1N. The molecule has 0 bridgehead atoms. The minimum absolute atomic E-state index is 0.291. The van der Waals surface area contributed by atoms with Gasteiger partial charge in [-0.25, -0.2) is 9.18 Å². The van der Waals surface area contributed by atoms with Crippen LogP contribution in [0.25, 0.3) is 11.3 Å². The number of nitrogens with two attached hydrogens (primary N) is 1. The molecule has 0 amide bonds. The average molecular weight is 262 g/mol. The fraction of sp³-hybridized carbons (Fsp3) is 0.214. The smallest absolute Gasteiger partial charge is 0.341 e. The van der Waals surface area contributed by atoms with Gasteiger partial charge in [-0.15, -0.1) is 0 Å². The fourth-order valence-corrected chi connectivity index (χ4v) is 1.89. The van der Waals surface area contributed by atoms with Gasteiger partial charge in [0.1, 0.15) is 17.2 Å². The molecule has 1 aromatic carbocycles. The highest BCUT2D eigenvalue weighted by Crippen LogP contribution is 2.27. The normalized spacial score (nSPS) is 10.5. The van der Waals surface area contributed by atoms with Gasteiger partial charge in [-0.2, -0.15) is 0 Å². The maximum atomic E-state index is 12.9. The molecule has 0 spiro atoms. The summed E-state index contributed by atoms with van der Waals surface area (Å²) in [5, 5.41) is 0. The van der Waals surface area contributed by atoms with Crippen LogP contribution in [0.1, 0.15) is 17.3 Å². The summed E-state index contributed by atoms with van der Waals surface area (Å²) in [4.78, 5) is 11.7. The lowest BCUT2D eigenvalue weighted by Gasteiger charge is -2.05. The number of esters is 1. The Morgan fingerprint density at radius 3 is 2.58 bits per heavy atom. The number of aromatic nitrogens is 1. The largest absolute Gasteiger partial charge is 0.462 e. The molecule has 0 aliphatic heterocycles. The van der Waals surface area contributed by atoms with Crippen LogP contribution >= 0.6 is 0 Å². The highest BCUT2D eigenvalue weighted by Gasteiger charge is 2.18. The first-order valence-corrected chi connectivity index (χ1v) is 5.92. The molecule has 0 atom stereocenters. The molecule has 4 nitrogen and oxygen atoms in total. The first kappa shape index (κ1) is 13.1. The van der Waals surface area contributed by atoms with Crippen LogP contribution in [-0.4, -0.2) is 17.1 Å². The summed E-state index contributed by atoms with van der Waals surface area (Å²) in [7, 11) is 1.75. The molecule has 0 unspecified atom stereocenters. The van der Waals surface area contributed by atoms with Gasteiger partial charge in [-0.1, -0.05) is 0 Å². The van der Waals surface area contributed by atoms with E-state index in [1.54, 1.807) is 36.7 Å². The second-order valence-electron chi connectivity index (χ2n) is 4.11. The summed E-state index contributed by atoms with van der Waals surface area (Å²) < 4.78 is 19.5. The third-order valence-corrected chi connectivity index (χ3v) is 2.92. The standard InChI is InChI=1S/C14H15FN2O2/c1-3-19-14(18)11-8-12(17(2)13(11)16)9-4-6-10(15)7-5-9/h4-8H,3,16H2,1-2H3. The van der Waals surface area contributed by atoms with E-state index < -0.39 is 5.97 Å². The van der Waals surface area contributed by atoms with E-state index in [9.17, 15) is 9.18 Å². The minimum atomic E-state index is -0.455. The first-order chi connectivity index (χ1) is 9.04. The minimum Gasteiger partial charge on any atom is -0.462 e. The maximum absolute atomic E-state index is 12.9. The number of hydrogen-bond donors (Lipinski definition) is 1. The van der Waals surface area contributed by atoms with E-state index in [-0.39, 0.29) is 5.82 Å². The molecule has 2 rings (SSSR count). The van der Waals surface area contributed by atoms with Crippen LogP contribution in [0.15, 0.2) is 30.3 Å². The Morgan fingerprint density at radius 1 is 1.37 bits per heavy atom. The second-order valence-corrected chi connectivity index (χ2v) is 4.11. The van der Waals surface area contributed by atoms with Gasteiger partial charge in [0.25, 0.3) is 0 Å². The van der Waals surface area contributed by atoms with Gasteiger partial charge < -0.3 is 15.0 Å². The zero-order valence-corrected chi connectivity index (χ0v) is 10.8. The van der Waals surface area contributed by atoms with Crippen molar-refractivity contribution in [2.24, 2.45) is 7.05 Å². The predicted molar refractivity (Wildman–Crippen MR) is 71.2 cm³/mol. The summed E-state index contributed by atoms with van der Waals surface area (Å²) in [5.41, 5.74) is 7.73. The molecule has 0 aliphatic rings. The molecule has 1 heterocycles. The molecular weight excluding hydrogens is 247 g/mol. The molecule has 5 heteroatoms. The van der Waals surface area contributed by atoms with Crippen molar-refractivity contribution < 1.29 is 13.9 Å². The van der Waals surface area contributed by atoms with E-state index in [0.717, 1.165) is 11.3 Å². The van der Waals surface area contributed by atoms with E-state index in [2.05, 4.69) is 0 Å². The Labute approximate surface area is 110 Å². The molecule has 2 N–H and O–H groups in total. The summed E-state index contributed by atoms with van der Waals surface area (Å²) in [6.07, 6.45) is 0. The zero-order chi connectivity index (χ0) is 14.0. The van der Waals surface area contributed by atoms with Crippen LogP contribution in [0, 0.1) is 5.82 Å². The monoisotopic (exact) mass is 262 g/mol. The van der Waals surface area contributed by atoms with Gasteiger partial charge in [0, 0.05) is 7.05 Å². The molecule has 0 saturated heterocycles. The van der Waals surface area contributed by atoms with Crippen molar-refractivity contribution in [3.63, 3.8) is 0 Å². The van der Waals surface area contributed by atoms with Crippen molar-refractivity contribution in [1.82, 2.24) is 4.57 Å². The van der Waals surface area contributed by atoms with Crippen molar-refractivity contribution in [2.45, 2.75) is 6.92 Å². The number of carbonyl (C=O) groups excluding carboxylic acids is 1. The number of rotatable bonds is 3. The van der Waals surface area contributed by atoms with Crippen LogP contribution in [0.4, 0.5) is 10.2 Å². The summed E-state index contributed by atoms with van der Waals surface area (Å²) >= 11 is 0. The molecule has 1 aromatic heterocycles. The van der Waals surface area contributed by atoms with E-state index in [1.807, 2.05) is 0 Å². The van der Waals surface area contributed by atoms with Gasteiger partial charge in [-0.05, 0) is 42.8 Å². The first-order valence-electron chi connectivity index (χ1n) is 5.92. The van der Waals surface area contributed by atoms with E-state index in [0.29, 0.717) is 18.0 Å². The van der Waals surface area contributed by atoms with Crippen molar-refractivity contribution in [2.75, 3.05) is 12.3 Å². The average Bonchev–Trinajstić information content (AvgIpc) is 2.68. The second kappa shape index (κ2) is 5.14. The molecule has 0 fully saturated rings. The van der Waals surface area contributed by atoms with Gasteiger partial charge in [0.2, 0.25) is 0 Å². The number of halogens is 1. The Bertz CT molecular complexity index is 603. The van der Waals surface area contributed by atoms with Crippen molar-refractivity contribution >= 4 is 11.8 Å². The van der Waals surface area contributed by atoms with Crippen molar-refractivity contribution in [3.05, 3.63) is 41.7 Å². The van der Waals surface area contributed by atoms with Crippen molar-refractivity contribution in [1.29, 1.82) is 0 Å². The Balaban J connectivity index is 2.45. The maximum Gasteiger partial charge on any atom is 0.341 e. The van der Waals surface area contributed by atoms with Crippen LogP contribution in [0.5, 0.6) is 0 Å². The predicted octanol–water partition coefficient (Wildman–Crippen LogP) is 2.59. The van der Waals surface area contributed by atoms with Gasteiger partial charge in [-0.3, -0.25) is 0 Å². The quantitative estimate of drug-likeness (QED) is 0.865. The lowest BCUT2D eigenvalue weighted by molar-refractivity contribution is 0.0527. The third kappa shape index (κ3) is 2.45. The molecule has 100 valence electrons. The van der Waals surface area contributed by atoms with Gasteiger partial charge in [0.05, 0.1) is 12.3 Å². The molecule has 0 radical (unpaired) electrons. The summed E-state index contributed by atoms with van der Waals surface area (Å²) in [6, 6.07) is 7.66. The fourth-order valence-electron chi connectivity index (χ4n) is 1.89. The number of ether oxygens (including phenoxy) is 1. The molecule has 2 aromatic rings. The van der Waals surface area contributed by atoms with E-state index in [1.165, 1.54) is 12.1 Å². The molecule has 0 saturated carbocycles. The molecule has 0 aliphatic carbocycles. The third-order valence-electron chi connectivity index (χ3n) is 2.92. The van der Waals surface area contributed by atoms with Crippen LogP contribution in [-0.2, 0) is 11.8 Å². The van der Waals surface area contributed by atoms with E-state index >= 15 is 0 Å². The highest BCUT2D eigenvalue weighted by molar-refractivity contribution is 5.96. The topological polar surface area (TPSA) is 57.2 Å². The number of anilines is 1. The summed E-state index contributed by atoms with van der Waals surface area (Å²) in [5.74, 6) is -0.432. The Kier molecular flexibility index (Phi) is 3.55. The Morgan fingerprint density at radius 2 is 2.00 bits per heavy atom. The highest BCUT2D eigenvalue weighted by atomic mass is 19.1. The van der Waals surface area contributed by atoms with Crippen LogP contribution in [0.3, 0.4) is 0 Å². The lowest BCUT2D eigenvalue weighted by atomic mass is 10.1. The van der Waals surface area contributed by atoms with E-state index in [4.69, 9.17) is 10.5 Å². The van der Waals surface area contributed by atoms with Crippen molar-refractivity contribution in [3.8, 4) is 11.3 Å². The number of nitrogens with zero attached hydrogens (tertiary/aromatic N) is 1. The number of hydrogen-bond acceptors (Lipinski definition) is 3. The van der Waals surface area contributed by atoms with Crippen LogP contribution < -0.4 is 5.73 Å². The van der Waals surface area contributed by atoms with Gasteiger partial charge >= 0.3 is 5.97 Å². The lowest BCUT2D eigenvalue weighted by Crippen LogP contribution is -2.07. The Hall–Kier alpha value is -2.30. The van der Waals surface area contributed by atoms with Crippen LogP contribution in [0.2, 0.25) is 0 Å². The molecule has 19 heavy (non-hydrogen) atoms.